The summed E-state index contributed by atoms with van der Waals surface area (Å²) in [5.74, 6) is 0.0551. The molecule has 166 valence electrons. The number of para-hydroxylation sites is 1. The van der Waals surface area contributed by atoms with Gasteiger partial charge in [-0.05, 0) is 45.7 Å². The van der Waals surface area contributed by atoms with Gasteiger partial charge in [0.2, 0.25) is 11.8 Å². The summed E-state index contributed by atoms with van der Waals surface area (Å²) in [6.07, 6.45) is 1.27. The van der Waals surface area contributed by atoms with Gasteiger partial charge >= 0.3 is 12.0 Å². The summed E-state index contributed by atoms with van der Waals surface area (Å²) in [4.78, 5) is 35.8. The standard InChI is InChI=1S/C22H27N3O6/c1-22(2,3)31-20(27)15-10-8-12-25(15)19(26)14-9-6-7-11-16(14)30-21-23-17(28-4)13-18(24-21)29-5/h6-7,9,11,13,15H,8,10,12H2,1-5H3/t15-/m0/s1. The fourth-order valence-electron chi connectivity index (χ4n) is 3.25. The molecule has 3 rings (SSSR count). The topological polar surface area (TPSA) is 100 Å². The van der Waals surface area contributed by atoms with Gasteiger partial charge < -0.3 is 23.8 Å². The lowest BCUT2D eigenvalue weighted by Gasteiger charge is -2.27. The average molecular weight is 429 g/mol. The number of esters is 1. The Morgan fingerprint density at radius 2 is 1.71 bits per heavy atom. The second-order valence-corrected chi connectivity index (χ2v) is 8.02. The molecule has 2 aromatic rings. The Bertz CT molecular complexity index is 934. The van der Waals surface area contributed by atoms with Crippen molar-refractivity contribution in [2.75, 3.05) is 20.8 Å². The van der Waals surface area contributed by atoms with Crippen molar-refractivity contribution in [2.24, 2.45) is 0 Å². The molecule has 0 spiro atoms. The van der Waals surface area contributed by atoms with E-state index in [9.17, 15) is 9.59 Å². The quantitative estimate of drug-likeness (QED) is 0.645. The van der Waals surface area contributed by atoms with Gasteiger partial charge in [-0.25, -0.2) is 4.79 Å². The van der Waals surface area contributed by atoms with Crippen molar-refractivity contribution in [3.8, 4) is 23.5 Å². The van der Waals surface area contributed by atoms with Crippen LogP contribution >= 0.6 is 0 Å². The molecule has 1 aromatic heterocycles. The monoisotopic (exact) mass is 429 g/mol. The molecular weight excluding hydrogens is 402 g/mol. The molecule has 1 aliphatic heterocycles. The molecule has 1 amide bonds. The van der Waals surface area contributed by atoms with E-state index in [1.54, 1.807) is 45.0 Å². The van der Waals surface area contributed by atoms with Crippen LogP contribution in [-0.4, -0.2) is 59.2 Å². The molecule has 1 fully saturated rings. The van der Waals surface area contributed by atoms with Crippen molar-refractivity contribution in [3.05, 3.63) is 35.9 Å². The van der Waals surface area contributed by atoms with Gasteiger partial charge in [0.15, 0.2) is 0 Å². The van der Waals surface area contributed by atoms with Crippen LogP contribution in [0.15, 0.2) is 30.3 Å². The van der Waals surface area contributed by atoms with E-state index < -0.39 is 17.6 Å². The number of carbonyl (C=O) groups excluding carboxylic acids is 2. The van der Waals surface area contributed by atoms with E-state index in [2.05, 4.69) is 9.97 Å². The normalized spacial score (nSPS) is 16.0. The Balaban J connectivity index is 1.86. The van der Waals surface area contributed by atoms with E-state index in [1.165, 1.54) is 25.2 Å². The van der Waals surface area contributed by atoms with Crippen LogP contribution < -0.4 is 14.2 Å². The van der Waals surface area contributed by atoms with Crippen molar-refractivity contribution in [1.82, 2.24) is 14.9 Å². The summed E-state index contributed by atoms with van der Waals surface area (Å²) in [5.41, 5.74) is -0.332. The van der Waals surface area contributed by atoms with E-state index in [4.69, 9.17) is 18.9 Å². The number of benzene rings is 1. The van der Waals surface area contributed by atoms with E-state index in [1.807, 2.05) is 0 Å². The molecule has 9 nitrogen and oxygen atoms in total. The molecule has 31 heavy (non-hydrogen) atoms. The summed E-state index contributed by atoms with van der Waals surface area (Å²) in [6.45, 7) is 5.87. The number of methoxy groups -OCH3 is 2. The minimum absolute atomic E-state index is 0.0263. The van der Waals surface area contributed by atoms with Gasteiger partial charge in [-0.2, -0.15) is 9.97 Å². The molecule has 1 aliphatic rings. The first-order chi connectivity index (χ1) is 14.7. The van der Waals surface area contributed by atoms with Gasteiger partial charge in [0, 0.05) is 6.54 Å². The average Bonchev–Trinajstić information content (AvgIpc) is 3.22. The molecule has 0 unspecified atom stereocenters. The number of ether oxygens (including phenoxy) is 4. The molecule has 1 aromatic carbocycles. The number of nitrogens with zero attached hydrogens (tertiary/aromatic N) is 3. The van der Waals surface area contributed by atoms with Gasteiger partial charge in [0.1, 0.15) is 17.4 Å². The van der Waals surface area contributed by atoms with E-state index in [0.29, 0.717) is 18.5 Å². The Kier molecular flexibility index (Phi) is 6.62. The molecule has 1 atom stereocenters. The summed E-state index contributed by atoms with van der Waals surface area (Å²) < 4.78 is 21.6. The summed E-state index contributed by atoms with van der Waals surface area (Å²) in [7, 11) is 2.93. The van der Waals surface area contributed by atoms with Crippen LogP contribution in [0.25, 0.3) is 0 Å². The van der Waals surface area contributed by atoms with Gasteiger partial charge in [-0.3, -0.25) is 4.79 Å². The predicted molar refractivity (Wildman–Crippen MR) is 112 cm³/mol. The predicted octanol–water partition coefficient (Wildman–Crippen LogP) is 3.23. The van der Waals surface area contributed by atoms with Gasteiger partial charge in [-0.15, -0.1) is 0 Å². The first-order valence-electron chi connectivity index (χ1n) is 9.99. The number of hydrogen-bond acceptors (Lipinski definition) is 8. The lowest BCUT2D eigenvalue weighted by Crippen LogP contribution is -2.43. The van der Waals surface area contributed by atoms with Gasteiger partial charge in [-0.1, -0.05) is 12.1 Å². The first kappa shape index (κ1) is 22.3. The Labute approximate surface area is 181 Å². The number of carbonyl (C=O) groups is 2. The molecule has 0 N–H and O–H groups in total. The highest BCUT2D eigenvalue weighted by atomic mass is 16.6. The van der Waals surface area contributed by atoms with E-state index >= 15 is 0 Å². The summed E-state index contributed by atoms with van der Waals surface area (Å²) in [5, 5.41) is 0. The van der Waals surface area contributed by atoms with Crippen LogP contribution in [0.4, 0.5) is 0 Å². The smallest absolute Gasteiger partial charge is 0.329 e. The van der Waals surface area contributed by atoms with Crippen LogP contribution in [0.1, 0.15) is 44.0 Å². The third kappa shape index (κ3) is 5.42. The Hall–Kier alpha value is -3.36. The maximum absolute atomic E-state index is 13.3. The van der Waals surface area contributed by atoms with Crippen LogP contribution in [0.2, 0.25) is 0 Å². The van der Waals surface area contributed by atoms with E-state index in [0.717, 1.165) is 6.42 Å². The number of rotatable bonds is 6. The summed E-state index contributed by atoms with van der Waals surface area (Å²) >= 11 is 0. The second kappa shape index (κ2) is 9.20. The molecule has 0 aliphatic carbocycles. The zero-order valence-electron chi connectivity index (χ0n) is 18.4. The van der Waals surface area contributed by atoms with E-state index in [-0.39, 0.29) is 29.4 Å². The highest BCUT2D eigenvalue weighted by molar-refractivity contribution is 5.99. The van der Waals surface area contributed by atoms with Crippen molar-refractivity contribution < 1.29 is 28.5 Å². The maximum Gasteiger partial charge on any atom is 0.329 e. The molecule has 0 radical (unpaired) electrons. The van der Waals surface area contributed by atoms with Crippen LogP contribution in [0, 0.1) is 0 Å². The largest absolute Gasteiger partial charge is 0.481 e. The molecule has 2 heterocycles. The van der Waals surface area contributed by atoms with Crippen LogP contribution in [-0.2, 0) is 9.53 Å². The molecule has 9 heteroatoms. The third-order valence-electron chi connectivity index (χ3n) is 4.59. The molecule has 0 bridgehead atoms. The van der Waals surface area contributed by atoms with Crippen molar-refractivity contribution in [1.29, 1.82) is 0 Å². The number of aromatic nitrogens is 2. The maximum atomic E-state index is 13.3. The Morgan fingerprint density at radius 3 is 2.32 bits per heavy atom. The zero-order chi connectivity index (χ0) is 22.6. The third-order valence-corrected chi connectivity index (χ3v) is 4.59. The fourth-order valence-corrected chi connectivity index (χ4v) is 3.25. The minimum Gasteiger partial charge on any atom is -0.481 e. The van der Waals surface area contributed by atoms with Crippen LogP contribution in [0.3, 0.4) is 0 Å². The fraction of sp³-hybridized carbons (Fsp3) is 0.455. The summed E-state index contributed by atoms with van der Waals surface area (Å²) in [6, 6.07) is 7.60. The van der Waals surface area contributed by atoms with Crippen LogP contribution in [0.5, 0.6) is 23.5 Å². The lowest BCUT2D eigenvalue weighted by atomic mass is 10.1. The number of likely N-dealkylation sites (tertiary alicyclic amines) is 1. The van der Waals surface area contributed by atoms with Crippen molar-refractivity contribution in [3.63, 3.8) is 0 Å². The second-order valence-electron chi connectivity index (χ2n) is 8.02. The number of hydrogen-bond donors (Lipinski definition) is 0. The SMILES string of the molecule is COc1cc(OC)nc(Oc2ccccc2C(=O)N2CCC[C@H]2C(=O)OC(C)(C)C)n1. The molecule has 1 saturated heterocycles. The van der Waals surface area contributed by atoms with Crippen molar-refractivity contribution >= 4 is 11.9 Å². The van der Waals surface area contributed by atoms with Gasteiger partial charge in [0.25, 0.3) is 5.91 Å². The minimum atomic E-state index is -0.632. The highest BCUT2D eigenvalue weighted by Gasteiger charge is 2.38. The first-order valence-corrected chi connectivity index (χ1v) is 9.99. The lowest BCUT2D eigenvalue weighted by molar-refractivity contribution is -0.159. The molecular formula is C22H27N3O6. The molecule has 0 saturated carbocycles. The number of amides is 1. The Morgan fingerprint density at radius 1 is 1.06 bits per heavy atom. The van der Waals surface area contributed by atoms with Crippen molar-refractivity contribution in [2.45, 2.75) is 45.3 Å². The van der Waals surface area contributed by atoms with Gasteiger partial charge in [0.05, 0.1) is 25.8 Å². The zero-order valence-corrected chi connectivity index (χ0v) is 18.4. The highest BCUT2D eigenvalue weighted by Crippen LogP contribution is 2.30.